The SMILES string of the molecule is Cc1ccc(SCCC(=O)Nc2nnc(C3CC(=O)N(c4ccc(Cl)cc4)C3)s2)cc1. The van der Waals surface area contributed by atoms with Crippen molar-refractivity contribution in [2.45, 2.75) is 30.6 Å². The zero-order valence-corrected chi connectivity index (χ0v) is 19.3. The largest absolute Gasteiger partial charge is 0.312 e. The minimum atomic E-state index is -0.0902. The number of rotatable bonds is 7. The average molecular weight is 473 g/mol. The molecule has 31 heavy (non-hydrogen) atoms. The third kappa shape index (κ3) is 5.64. The van der Waals surface area contributed by atoms with Crippen molar-refractivity contribution in [2.24, 2.45) is 0 Å². The number of hydrogen-bond donors (Lipinski definition) is 1. The van der Waals surface area contributed by atoms with Crippen molar-refractivity contribution in [3.63, 3.8) is 0 Å². The van der Waals surface area contributed by atoms with Crippen molar-refractivity contribution in [3.05, 3.63) is 64.1 Å². The number of halogens is 1. The lowest BCUT2D eigenvalue weighted by Gasteiger charge is -2.16. The van der Waals surface area contributed by atoms with Crippen LogP contribution in [0.5, 0.6) is 0 Å². The van der Waals surface area contributed by atoms with E-state index in [9.17, 15) is 9.59 Å². The summed E-state index contributed by atoms with van der Waals surface area (Å²) in [6.07, 6.45) is 0.762. The maximum absolute atomic E-state index is 12.5. The summed E-state index contributed by atoms with van der Waals surface area (Å²) in [5.41, 5.74) is 2.04. The van der Waals surface area contributed by atoms with Gasteiger partial charge in [0.1, 0.15) is 5.01 Å². The van der Waals surface area contributed by atoms with Crippen LogP contribution in [0.3, 0.4) is 0 Å². The van der Waals surface area contributed by atoms with E-state index >= 15 is 0 Å². The van der Waals surface area contributed by atoms with Gasteiger partial charge in [0.05, 0.1) is 0 Å². The highest BCUT2D eigenvalue weighted by Crippen LogP contribution is 2.34. The minimum Gasteiger partial charge on any atom is -0.312 e. The van der Waals surface area contributed by atoms with Crippen molar-refractivity contribution in [1.82, 2.24) is 10.2 Å². The summed E-state index contributed by atoms with van der Waals surface area (Å²) in [7, 11) is 0. The van der Waals surface area contributed by atoms with Gasteiger partial charge in [-0.15, -0.1) is 22.0 Å². The Labute approximate surface area is 194 Å². The monoisotopic (exact) mass is 472 g/mol. The van der Waals surface area contributed by atoms with Crippen LogP contribution in [0.15, 0.2) is 53.4 Å². The van der Waals surface area contributed by atoms with Crippen LogP contribution in [0.4, 0.5) is 10.8 Å². The Hall–Kier alpha value is -2.42. The molecule has 160 valence electrons. The van der Waals surface area contributed by atoms with Gasteiger partial charge < -0.3 is 10.2 Å². The number of thioether (sulfide) groups is 1. The highest BCUT2D eigenvalue weighted by atomic mass is 35.5. The van der Waals surface area contributed by atoms with E-state index < -0.39 is 0 Å². The Morgan fingerprint density at radius 2 is 1.94 bits per heavy atom. The highest BCUT2D eigenvalue weighted by Gasteiger charge is 2.34. The molecule has 1 N–H and O–H groups in total. The number of aromatic nitrogens is 2. The van der Waals surface area contributed by atoms with E-state index in [1.54, 1.807) is 28.8 Å². The number of nitrogens with zero attached hydrogens (tertiary/aromatic N) is 3. The third-order valence-electron chi connectivity index (χ3n) is 4.92. The Bertz CT molecular complexity index is 1070. The molecule has 0 bridgehead atoms. The number of amides is 2. The second-order valence-electron chi connectivity index (χ2n) is 7.29. The Morgan fingerprint density at radius 1 is 1.19 bits per heavy atom. The average Bonchev–Trinajstić information content (AvgIpc) is 3.37. The summed E-state index contributed by atoms with van der Waals surface area (Å²) < 4.78 is 0. The van der Waals surface area contributed by atoms with Crippen LogP contribution < -0.4 is 10.2 Å². The van der Waals surface area contributed by atoms with E-state index in [4.69, 9.17) is 11.6 Å². The van der Waals surface area contributed by atoms with Crippen LogP contribution in [0.1, 0.15) is 29.3 Å². The first kappa shape index (κ1) is 21.8. The maximum atomic E-state index is 12.5. The fourth-order valence-corrected chi connectivity index (χ4v) is 5.10. The zero-order chi connectivity index (χ0) is 21.8. The highest BCUT2D eigenvalue weighted by molar-refractivity contribution is 7.99. The molecule has 1 aliphatic heterocycles. The molecular formula is C22H21ClN4O2S2. The van der Waals surface area contributed by atoms with Crippen LogP contribution in [-0.4, -0.2) is 34.3 Å². The molecule has 0 spiro atoms. The number of carbonyl (C=O) groups excluding carboxylic acids is 2. The predicted octanol–water partition coefficient (Wildman–Crippen LogP) is 5.14. The zero-order valence-electron chi connectivity index (χ0n) is 16.9. The molecule has 1 aromatic heterocycles. The fourth-order valence-electron chi connectivity index (χ4n) is 3.27. The number of hydrogen-bond acceptors (Lipinski definition) is 6. The lowest BCUT2D eigenvalue weighted by molar-refractivity contribution is -0.117. The van der Waals surface area contributed by atoms with Crippen molar-refractivity contribution in [2.75, 3.05) is 22.5 Å². The second kappa shape index (κ2) is 9.80. The van der Waals surface area contributed by atoms with Gasteiger partial charge in [0.25, 0.3) is 0 Å². The van der Waals surface area contributed by atoms with Crippen molar-refractivity contribution < 1.29 is 9.59 Å². The summed E-state index contributed by atoms with van der Waals surface area (Å²) in [6.45, 7) is 2.59. The molecule has 2 heterocycles. The molecule has 0 radical (unpaired) electrons. The van der Waals surface area contributed by atoms with E-state index in [1.807, 2.05) is 12.1 Å². The minimum absolute atomic E-state index is 0.0385. The smallest absolute Gasteiger partial charge is 0.227 e. The molecule has 0 saturated carbocycles. The first-order valence-electron chi connectivity index (χ1n) is 9.86. The number of carbonyl (C=O) groups is 2. The van der Waals surface area contributed by atoms with Gasteiger partial charge in [0.2, 0.25) is 16.9 Å². The molecule has 1 unspecified atom stereocenters. The van der Waals surface area contributed by atoms with E-state index in [2.05, 4.69) is 46.7 Å². The summed E-state index contributed by atoms with van der Waals surface area (Å²) in [6, 6.07) is 15.5. The van der Waals surface area contributed by atoms with Gasteiger partial charge in [-0.05, 0) is 43.3 Å². The molecule has 1 fully saturated rings. The number of benzene rings is 2. The van der Waals surface area contributed by atoms with Crippen LogP contribution in [-0.2, 0) is 9.59 Å². The van der Waals surface area contributed by atoms with Crippen LogP contribution in [0.2, 0.25) is 5.02 Å². The maximum Gasteiger partial charge on any atom is 0.227 e. The molecule has 1 saturated heterocycles. The van der Waals surface area contributed by atoms with E-state index in [1.165, 1.54) is 16.9 Å². The molecule has 0 aliphatic carbocycles. The van der Waals surface area contributed by atoms with Gasteiger partial charge in [-0.2, -0.15) is 0 Å². The number of anilines is 2. The quantitative estimate of drug-likeness (QED) is 0.482. The van der Waals surface area contributed by atoms with Gasteiger partial charge in [0, 0.05) is 46.7 Å². The van der Waals surface area contributed by atoms with Crippen molar-refractivity contribution >= 4 is 57.3 Å². The molecule has 6 nitrogen and oxygen atoms in total. The summed E-state index contributed by atoms with van der Waals surface area (Å²) in [5, 5.41) is 13.0. The third-order valence-corrected chi connectivity index (χ3v) is 7.19. The Balaban J connectivity index is 1.29. The first-order valence-corrected chi connectivity index (χ1v) is 12.0. The molecule has 9 heteroatoms. The normalized spacial score (nSPS) is 16.0. The number of nitrogens with one attached hydrogen (secondary N) is 1. The summed E-state index contributed by atoms with van der Waals surface area (Å²) >= 11 is 8.91. The topological polar surface area (TPSA) is 75.2 Å². The molecule has 3 aromatic rings. The Kier molecular flexibility index (Phi) is 6.89. The summed E-state index contributed by atoms with van der Waals surface area (Å²) in [5.74, 6) is 0.602. The van der Waals surface area contributed by atoms with E-state index in [0.717, 1.165) is 15.6 Å². The predicted molar refractivity (Wildman–Crippen MR) is 126 cm³/mol. The summed E-state index contributed by atoms with van der Waals surface area (Å²) in [4.78, 5) is 27.6. The van der Waals surface area contributed by atoms with Crippen molar-refractivity contribution in [3.8, 4) is 0 Å². The van der Waals surface area contributed by atoms with Gasteiger partial charge in [-0.1, -0.05) is 40.6 Å². The molecule has 2 aromatic carbocycles. The van der Waals surface area contributed by atoms with E-state index in [-0.39, 0.29) is 17.7 Å². The number of aryl methyl sites for hydroxylation is 1. The lowest BCUT2D eigenvalue weighted by Crippen LogP contribution is -2.24. The molecule has 2 amide bonds. The van der Waals surface area contributed by atoms with Gasteiger partial charge in [-0.25, -0.2) is 0 Å². The van der Waals surface area contributed by atoms with Crippen LogP contribution >= 0.6 is 34.7 Å². The lowest BCUT2D eigenvalue weighted by atomic mass is 10.1. The Morgan fingerprint density at radius 3 is 2.68 bits per heavy atom. The van der Waals surface area contributed by atoms with E-state index in [0.29, 0.717) is 35.3 Å². The molecular weight excluding hydrogens is 452 g/mol. The molecule has 1 atom stereocenters. The van der Waals surface area contributed by atoms with Crippen LogP contribution in [0, 0.1) is 6.92 Å². The standard InChI is InChI=1S/C22H21ClN4O2S2/c1-14-2-8-18(9-3-14)30-11-10-19(28)24-22-26-25-21(31-22)15-12-20(29)27(13-15)17-6-4-16(23)5-7-17/h2-9,15H,10-13H2,1H3,(H,24,26,28). The van der Waals surface area contributed by atoms with Gasteiger partial charge >= 0.3 is 0 Å². The van der Waals surface area contributed by atoms with Crippen molar-refractivity contribution in [1.29, 1.82) is 0 Å². The van der Waals surface area contributed by atoms with Gasteiger partial charge in [-0.3, -0.25) is 9.59 Å². The first-order chi connectivity index (χ1) is 15.0. The molecule has 1 aliphatic rings. The fraction of sp³-hybridized carbons (Fsp3) is 0.273. The van der Waals surface area contributed by atoms with Crippen LogP contribution in [0.25, 0.3) is 0 Å². The molecule has 4 rings (SSSR count). The second-order valence-corrected chi connectivity index (χ2v) is 9.90. The van der Waals surface area contributed by atoms with Gasteiger partial charge in [0.15, 0.2) is 0 Å².